The Morgan fingerprint density at radius 2 is 2.12 bits per heavy atom. The van der Waals surface area contributed by atoms with Crippen molar-refractivity contribution < 1.29 is 0 Å². The fourth-order valence-corrected chi connectivity index (χ4v) is 4.45. The molecule has 0 bridgehead atoms. The van der Waals surface area contributed by atoms with Crippen molar-refractivity contribution in [2.45, 2.75) is 12.8 Å². The first-order valence-corrected chi connectivity index (χ1v) is 8.74. The maximum Gasteiger partial charge on any atom is 0.190 e. The highest BCUT2D eigenvalue weighted by molar-refractivity contribution is 7.08. The van der Waals surface area contributed by atoms with Gasteiger partial charge in [0.15, 0.2) is 5.41 Å². The van der Waals surface area contributed by atoms with E-state index < -0.39 is 11.3 Å². The Hall–Kier alpha value is -2.59. The van der Waals surface area contributed by atoms with Crippen molar-refractivity contribution in [3.8, 4) is 18.2 Å². The Kier molecular flexibility index (Phi) is 4.16. The van der Waals surface area contributed by atoms with E-state index in [2.05, 4.69) is 36.1 Å². The molecule has 1 unspecified atom stereocenters. The van der Waals surface area contributed by atoms with Crippen LogP contribution >= 0.6 is 11.3 Å². The Morgan fingerprint density at radius 3 is 2.67 bits per heavy atom. The van der Waals surface area contributed by atoms with E-state index in [0.29, 0.717) is 12.2 Å². The second-order valence-electron chi connectivity index (χ2n) is 6.07. The lowest BCUT2D eigenvalue weighted by molar-refractivity contribution is 0.258. The van der Waals surface area contributed by atoms with Gasteiger partial charge in [-0.2, -0.15) is 27.1 Å². The van der Waals surface area contributed by atoms with Gasteiger partial charge in [0, 0.05) is 30.6 Å². The number of fused-ring (bicyclic) bond motifs is 1. The number of hydrogen-bond donors (Lipinski definition) is 1. The van der Waals surface area contributed by atoms with Crippen molar-refractivity contribution in [3.05, 3.63) is 45.3 Å². The Labute approximate surface area is 145 Å². The number of likely N-dealkylation sites (N-methyl/N-ethyl adjacent to an activating group) is 1. The van der Waals surface area contributed by atoms with Gasteiger partial charge in [0.1, 0.15) is 0 Å². The van der Waals surface area contributed by atoms with Crippen molar-refractivity contribution in [2.75, 3.05) is 19.6 Å². The van der Waals surface area contributed by atoms with Gasteiger partial charge in [-0.1, -0.05) is 18.6 Å². The minimum absolute atomic E-state index is 0.115. The highest BCUT2D eigenvalue weighted by atomic mass is 32.1. The Balaban J connectivity index is 2.29. The zero-order valence-electron chi connectivity index (χ0n) is 13.4. The van der Waals surface area contributed by atoms with Gasteiger partial charge in [-0.15, -0.1) is 0 Å². The number of nitriles is 3. The summed E-state index contributed by atoms with van der Waals surface area (Å²) in [5.74, 6) is -0.558. The summed E-state index contributed by atoms with van der Waals surface area (Å²) in [4.78, 5) is 2.24. The molecule has 1 aromatic heterocycles. The predicted octanol–water partition coefficient (Wildman–Crippen LogP) is 2.49. The summed E-state index contributed by atoms with van der Waals surface area (Å²) < 4.78 is 0. The largest absolute Gasteiger partial charge is 0.401 e. The summed E-state index contributed by atoms with van der Waals surface area (Å²) in [7, 11) is 0. The highest BCUT2D eigenvalue weighted by Crippen LogP contribution is 2.54. The molecule has 0 amide bonds. The molecule has 3 rings (SSSR count). The van der Waals surface area contributed by atoms with Crippen LogP contribution in [0.4, 0.5) is 0 Å². The highest BCUT2D eigenvalue weighted by Gasteiger charge is 2.54. The number of allylic oxidation sites excluding steroid dienone is 1. The van der Waals surface area contributed by atoms with Crippen LogP contribution in [0.2, 0.25) is 0 Å². The topological polar surface area (TPSA) is 101 Å². The van der Waals surface area contributed by atoms with Gasteiger partial charge in [0.05, 0.1) is 23.8 Å². The van der Waals surface area contributed by atoms with Crippen LogP contribution in [-0.4, -0.2) is 24.5 Å². The number of rotatable bonds is 2. The monoisotopic (exact) mass is 335 g/mol. The molecule has 0 fully saturated rings. The van der Waals surface area contributed by atoms with Crippen molar-refractivity contribution in [2.24, 2.45) is 17.1 Å². The normalized spacial score (nSPS) is 25.8. The van der Waals surface area contributed by atoms with Crippen molar-refractivity contribution in [1.29, 1.82) is 15.8 Å². The first-order valence-electron chi connectivity index (χ1n) is 7.80. The van der Waals surface area contributed by atoms with E-state index >= 15 is 0 Å². The molecule has 5 nitrogen and oxygen atoms in total. The third kappa shape index (κ3) is 2.14. The predicted molar refractivity (Wildman–Crippen MR) is 91.2 cm³/mol. The van der Waals surface area contributed by atoms with E-state index in [4.69, 9.17) is 5.73 Å². The molecule has 1 aliphatic heterocycles. The molecule has 0 radical (unpaired) electrons. The molecule has 0 saturated carbocycles. The van der Waals surface area contributed by atoms with E-state index in [1.165, 1.54) is 11.3 Å². The van der Waals surface area contributed by atoms with Gasteiger partial charge < -0.3 is 5.73 Å². The molecule has 0 aromatic carbocycles. The van der Waals surface area contributed by atoms with E-state index in [1.54, 1.807) is 0 Å². The molecule has 2 heterocycles. The fourth-order valence-electron chi connectivity index (χ4n) is 3.77. The minimum atomic E-state index is -1.56. The molecule has 24 heavy (non-hydrogen) atoms. The van der Waals surface area contributed by atoms with Gasteiger partial charge in [0.2, 0.25) is 0 Å². The zero-order valence-corrected chi connectivity index (χ0v) is 14.2. The Bertz CT molecular complexity index is 814. The van der Waals surface area contributed by atoms with E-state index in [-0.39, 0.29) is 11.5 Å². The van der Waals surface area contributed by atoms with Crippen molar-refractivity contribution >= 4 is 11.3 Å². The lowest BCUT2D eigenvalue weighted by atomic mass is 9.58. The second-order valence-corrected chi connectivity index (χ2v) is 6.85. The second kappa shape index (κ2) is 6.13. The fraction of sp³-hybridized carbons (Fsp3) is 0.389. The van der Waals surface area contributed by atoms with Gasteiger partial charge in [-0.05, 0) is 28.9 Å². The van der Waals surface area contributed by atoms with Crippen molar-refractivity contribution in [3.63, 3.8) is 0 Å². The van der Waals surface area contributed by atoms with Crippen molar-refractivity contribution in [1.82, 2.24) is 4.90 Å². The molecule has 1 aliphatic carbocycles. The molecule has 2 atom stereocenters. The van der Waals surface area contributed by atoms with E-state index in [1.807, 2.05) is 16.8 Å². The molecule has 0 spiro atoms. The van der Waals surface area contributed by atoms with Crippen LogP contribution < -0.4 is 5.73 Å². The number of hydrogen-bond acceptors (Lipinski definition) is 6. The molecule has 2 N–H and O–H groups in total. The number of thiophene rings is 1. The van der Waals surface area contributed by atoms with E-state index in [0.717, 1.165) is 24.2 Å². The summed E-state index contributed by atoms with van der Waals surface area (Å²) in [5, 5.41) is 33.3. The average molecular weight is 335 g/mol. The van der Waals surface area contributed by atoms with Crippen LogP contribution in [-0.2, 0) is 0 Å². The summed E-state index contributed by atoms with van der Waals surface area (Å²) in [6.07, 6.45) is 2.09. The summed E-state index contributed by atoms with van der Waals surface area (Å²) >= 11 is 1.52. The lowest BCUT2D eigenvalue weighted by Crippen LogP contribution is -2.46. The molecule has 120 valence electrons. The molecule has 1 aromatic rings. The van der Waals surface area contributed by atoms with Gasteiger partial charge in [-0.25, -0.2) is 0 Å². The summed E-state index contributed by atoms with van der Waals surface area (Å²) in [6, 6.07) is 8.25. The molecule has 2 aliphatic rings. The zero-order chi connectivity index (χ0) is 17.3. The SMILES string of the molecule is CCN1CC=C2C(c3ccsc3)C(C#N)(C#N)C(C#N)=C(N)[C@@H]2C1. The lowest BCUT2D eigenvalue weighted by Gasteiger charge is -2.44. The Morgan fingerprint density at radius 1 is 1.38 bits per heavy atom. The maximum atomic E-state index is 9.87. The van der Waals surface area contributed by atoms with Crippen LogP contribution in [0.1, 0.15) is 18.4 Å². The maximum absolute atomic E-state index is 9.87. The van der Waals surface area contributed by atoms with Crippen LogP contribution in [0.3, 0.4) is 0 Å². The van der Waals surface area contributed by atoms with E-state index in [9.17, 15) is 15.8 Å². The third-order valence-corrected chi connectivity index (χ3v) is 5.74. The third-order valence-electron chi connectivity index (χ3n) is 5.04. The molecule has 6 heteroatoms. The first-order chi connectivity index (χ1) is 11.6. The van der Waals surface area contributed by atoms with Crippen LogP contribution in [0.15, 0.2) is 39.7 Å². The smallest absolute Gasteiger partial charge is 0.190 e. The number of nitrogens with zero attached hydrogens (tertiary/aromatic N) is 4. The van der Waals surface area contributed by atoms with Crippen LogP contribution in [0.5, 0.6) is 0 Å². The molecular weight excluding hydrogens is 318 g/mol. The molecular formula is C18H17N5S. The van der Waals surface area contributed by atoms with Gasteiger partial charge in [0.25, 0.3) is 0 Å². The standard InChI is InChI=1S/C18H17N5S/c1-2-23-5-3-13-14(8-23)17(22)15(7-19)18(10-20,11-21)16(13)12-4-6-24-9-12/h3-4,6,9,14,16H,2,5,8,22H2,1H3/t14-,16?/m1/s1. The number of nitrogens with two attached hydrogens (primary N) is 1. The van der Waals surface area contributed by atoms with Crippen LogP contribution in [0.25, 0.3) is 0 Å². The molecule has 0 saturated heterocycles. The first kappa shape index (κ1) is 16.3. The van der Waals surface area contributed by atoms with Gasteiger partial charge in [-0.3, -0.25) is 4.90 Å². The van der Waals surface area contributed by atoms with Crippen LogP contribution in [0, 0.1) is 45.3 Å². The summed E-state index contributed by atoms with van der Waals surface area (Å²) in [6.45, 7) is 4.45. The minimum Gasteiger partial charge on any atom is -0.401 e. The summed E-state index contributed by atoms with van der Waals surface area (Å²) in [5.41, 5.74) is 7.13. The van der Waals surface area contributed by atoms with Gasteiger partial charge >= 0.3 is 0 Å². The quantitative estimate of drug-likeness (QED) is 0.837. The average Bonchev–Trinajstić information content (AvgIpc) is 3.15.